The first-order chi connectivity index (χ1) is 12.9. The molecule has 1 N–H and O–H groups in total. The quantitative estimate of drug-likeness (QED) is 0.765. The molecule has 6 nitrogen and oxygen atoms in total. The monoisotopic (exact) mass is 388 g/mol. The molecule has 0 radical (unpaired) electrons. The summed E-state index contributed by atoms with van der Waals surface area (Å²) in [6, 6.07) is 12.4. The summed E-state index contributed by atoms with van der Waals surface area (Å²) in [6.07, 6.45) is 1.00. The molecule has 1 aliphatic carbocycles. The van der Waals surface area contributed by atoms with E-state index < -0.39 is 5.41 Å². The van der Waals surface area contributed by atoms with Gasteiger partial charge in [0.1, 0.15) is 16.9 Å². The van der Waals surface area contributed by atoms with Gasteiger partial charge in [0.25, 0.3) is 0 Å². The van der Waals surface area contributed by atoms with E-state index in [1.54, 1.807) is 19.2 Å². The van der Waals surface area contributed by atoms with Gasteiger partial charge in [-0.1, -0.05) is 29.8 Å². The smallest absolute Gasteiger partial charge is 0.242 e. The minimum Gasteiger partial charge on any atom is -0.495 e. The van der Waals surface area contributed by atoms with E-state index in [0.717, 1.165) is 5.69 Å². The summed E-state index contributed by atoms with van der Waals surface area (Å²) in [7, 11) is 4.64. The fraction of sp³-hybridized carbons (Fsp3) is 0.300. The van der Waals surface area contributed by atoms with E-state index in [1.807, 2.05) is 30.3 Å². The highest BCUT2D eigenvalue weighted by Crippen LogP contribution is 2.49. The molecule has 0 unspecified atom stereocenters. The third-order valence-electron chi connectivity index (χ3n) is 4.76. The zero-order valence-corrected chi connectivity index (χ0v) is 16.2. The fourth-order valence-electron chi connectivity index (χ4n) is 2.95. The van der Waals surface area contributed by atoms with Gasteiger partial charge in [0.05, 0.1) is 24.9 Å². The van der Waals surface area contributed by atoms with E-state index in [0.29, 0.717) is 35.1 Å². The van der Waals surface area contributed by atoms with Crippen LogP contribution in [0, 0.1) is 5.41 Å². The Morgan fingerprint density at radius 3 is 2.26 bits per heavy atom. The molecule has 3 rings (SSSR count). The summed E-state index contributed by atoms with van der Waals surface area (Å²) in [5, 5.41) is 3.17. The number of benzene rings is 2. The van der Waals surface area contributed by atoms with Crippen LogP contribution in [-0.2, 0) is 9.59 Å². The number of carbonyl (C=O) groups excluding carboxylic acids is 2. The van der Waals surface area contributed by atoms with Gasteiger partial charge >= 0.3 is 0 Å². The molecule has 7 heteroatoms. The van der Waals surface area contributed by atoms with Crippen LogP contribution < -0.4 is 19.7 Å². The number of halogens is 1. The van der Waals surface area contributed by atoms with E-state index in [9.17, 15) is 9.59 Å². The number of carbonyl (C=O) groups is 2. The first-order valence-electron chi connectivity index (χ1n) is 8.49. The largest absolute Gasteiger partial charge is 0.495 e. The maximum atomic E-state index is 13.0. The second-order valence-electron chi connectivity index (χ2n) is 6.42. The van der Waals surface area contributed by atoms with Crippen molar-refractivity contribution in [3.8, 4) is 11.5 Å². The number of amides is 2. The summed E-state index contributed by atoms with van der Waals surface area (Å²) in [6.45, 7) is 0. The molecular weight excluding hydrogens is 368 g/mol. The van der Waals surface area contributed by atoms with Crippen LogP contribution in [-0.4, -0.2) is 33.1 Å². The molecule has 0 atom stereocenters. The van der Waals surface area contributed by atoms with Crippen molar-refractivity contribution in [2.45, 2.75) is 12.8 Å². The third-order valence-corrected chi connectivity index (χ3v) is 5.06. The maximum absolute atomic E-state index is 13.0. The Balaban J connectivity index is 1.83. The van der Waals surface area contributed by atoms with Gasteiger partial charge in [0, 0.05) is 24.9 Å². The van der Waals surface area contributed by atoms with Crippen molar-refractivity contribution >= 4 is 34.8 Å². The Morgan fingerprint density at radius 2 is 1.70 bits per heavy atom. The minimum atomic E-state index is -1.07. The number of ether oxygens (including phenoxy) is 2. The maximum Gasteiger partial charge on any atom is 0.242 e. The Hall–Kier alpha value is -2.73. The predicted molar refractivity (Wildman–Crippen MR) is 105 cm³/mol. The Morgan fingerprint density at radius 1 is 1.07 bits per heavy atom. The van der Waals surface area contributed by atoms with Gasteiger partial charge in [-0.15, -0.1) is 0 Å². The van der Waals surface area contributed by atoms with Crippen LogP contribution in [0.4, 0.5) is 11.4 Å². The highest BCUT2D eigenvalue weighted by Gasteiger charge is 2.58. The molecule has 0 bridgehead atoms. The summed E-state index contributed by atoms with van der Waals surface area (Å²) in [4.78, 5) is 27.4. The number of para-hydroxylation sites is 1. The molecule has 1 fully saturated rings. The average Bonchev–Trinajstić information content (AvgIpc) is 3.50. The van der Waals surface area contributed by atoms with E-state index in [2.05, 4.69) is 5.32 Å². The molecule has 1 saturated carbocycles. The van der Waals surface area contributed by atoms with Gasteiger partial charge < -0.3 is 19.7 Å². The second kappa shape index (κ2) is 7.48. The molecule has 0 aliphatic heterocycles. The van der Waals surface area contributed by atoms with Gasteiger partial charge in [-0.2, -0.15) is 0 Å². The van der Waals surface area contributed by atoms with Gasteiger partial charge in [-0.05, 0) is 25.0 Å². The van der Waals surface area contributed by atoms with Crippen molar-refractivity contribution in [2.75, 3.05) is 31.5 Å². The van der Waals surface area contributed by atoms with Gasteiger partial charge in [0.15, 0.2) is 0 Å². The molecule has 2 aromatic carbocycles. The van der Waals surface area contributed by atoms with Gasteiger partial charge in [0.2, 0.25) is 11.8 Å². The first-order valence-corrected chi connectivity index (χ1v) is 8.87. The predicted octanol–water partition coefficient (Wildman–Crippen LogP) is 3.74. The molecule has 27 heavy (non-hydrogen) atoms. The lowest BCUT2D eigenvalue weighted by Crippen LogP contribution is -2.41. The lowest BCUT2D eigenvalue weighted by atomic mass is 10.0. The van der Waals surface area contributed by atoms with Crippen molar-refractivity contribution in [3.05, 3.63) is 47.5 Å². The molecule has 2 amide bonds. The standard InChI is InChI=1S/C20H21ClN2O4/c1-23(13-7-5-4-6-8-13)19(25)20(9-10-20)18(24)22-15-12-16(26-2)14(21)11-17(15)27-3/h4-8,11-12H,9-10H2,1-3H3,(H,22,24). The van der Waals surface area contributed by atoms with E-state index in [1.165, 1.54) is 19.1 Å². The molecule has 0 spiro atoms. The number of hydrogen-bond donors (Lipinski definition) is 1. The van der Waals surface area contributed by atoms with Crippen LogP contribution in [0.3, 0.4) is 0 Å². The molecule has 1 aliphatic rings. The highest BCUT2D eigenvalue weighted by atomic mass is 35.5. The van der Waals surface area contributed by atoms with E-state index in [-0.39, 0.29) is 11.8 Å². The molecule has 0 aromatic heterocycles. The Bertz CT molecular complexity index is 866. The number of hydrogen-bond acceptors (Lipinski definition) is 4. The fourth-order valence-corrected chi connectivity index (χ4v) is 3.18. The second-order valence-corrected chi connectivity index (χ2v) is 6.83. The highest BCUT2D eigenvalue weighted by molar-refractivity contribution is 6.32. The summed E-state index contributed by atoms with van der Waals surface area (Å²) >= 11 is 6.10. The van der Waals surface area contributed by atoms with Crippen molar-refractivity contribution in [3.63, 3.8) is 0 Å². The lowest BCUT2D eigenvalue weighted by Gasteiger charge is -2.23. The summed E-state index contributed by atoms with van der Waals surface area (Å²) in [5.74, 6) is 0.211. The van der Waals surface area contributed by atoms with Gasteiger partial charge in [-0.3, -0.25) is 9.59 Å². The summed E-state index contributed by atoms with van der Waals surface area (Å²) < 4.78 is 10.5. The third kappa shape index (κ3) is 3.57. The molecule has 0 saturated heterocycles. The lowest BCUT2D eigenvalue weighted by molar-refractivity contribution is -0.132. The normalized spacial score (nSPS) is 14.2. The van der Waals surface area contributed by atoms with Gasteiger partial charge in [-0.25, -0.2) is 0 Å². The number of nitrogens with zero attached hydrogens (tertiary/aromatic N) is 1. The minimum absolute atomic E-state index is 0.230. The average molecular weight is 389 g/mol. The van der Waals surface area contributed by atoms with E-state index in [4.69, 9.17) is 21.1 Å². The number of methoxy groups -OCH3 is 2. The number of rotatable bonds is 6. The number of nitrogens with one attached hydrogen (secondary N) is 1. The van der Waals surface area contributed by atoms with Crippen molar-refractivity contribution in [1.29, 1.82) is 0 Å². The van der Waals surface area contributed by atoms with Crippen LogP contribution in [0.15, 0.2) is 42.5 Å². The number of anilines is 2. The molecular formula is C20H21ClN2O4. The Kier molecular flexibility index (Phi) is 5.28. The Labute approximate surface area is 163 Å². The summed E-state index contributed by atoms with van der Waals surface area (Å²) in [5.41, 5.74) is 0.0835. The molecule has 2 aromatic rings. The van der Waals surface area contributed by atoms with Crippen LogP contribution in [0.5, 0.6) is 11.5 Å². The first kappa shape index (κ1) is 19.0. The van der Waals surface area contributed by atoms with E-state index >= 15 is 0 Å². The van der Waals surface area contributed by atoms with Crippen molar-refractivity contribution in [1.82, 2.24) is 0 Å². The van der Waals surface area contributed by atoms with Crippen molar-refractivity contribution in [2.24, 2.45) is 5.41 Å². The molecule has 142 valence electrons. The van der Waals surface area contributed by atoms with Crippen molar-refractivity contribution < 1.29 is 19.1 Å². The topological polar surface area (TPSA) is 67.9 Å². The van der Waals surface area contributed by atoms with Crippen LogP contribution in [0.25, 0.3) is 0 Å². The van der Waals surface area contributed by atoms with Crippen LogP contribution >= 0.6 is 11.6 Å². The van der Waals surface area contributed by atoms with Crippen LogP contribution in [0.1, 0.15) is 12.8 Å². The SMILES string of the molecule is COc1cc(NC(=O)C2(C(=O)N(C)c3ccccc3)CC2)c(OC)cc1Cl. The zero-order chi connectivity index (χ0) is 19.6. The molecule has 0 heterocycles. The van der Waals surface area contributed by atoms with Crippen LogP contribution in [0.2, 0.25) is 5.02 Å². The zero-order valence-electron chi connectivity index (χ0n) is 15.4.